The van der Waals surface area contributed by atoms with Gasteiger partial charge in [0.25, 0.3) is 0 Å². The number of nitrogens with two attached hydrogens (primary N) is 2. The third kappa shape index (κ3) is 13.4. The van der Waals surface area contributed by atoms with Crippen LogP contribution >= 0.6 is 0 Å². The van der Waals surface area contributed by atoms with E-state index in [1.54, 1.807) is 37.5 Å². The van der Waals surface area contributed by atoms with Gasteiger partial charge in [0.2, 0.25) is 11.7 Å². The summed E-state index contributed by atoms with van der Waals surface area (Å²) in [5.74, 6) is 2.10. The van der Waals surface area contributed by atoms with Crippen LogP contribution in [0.4, 0.5) is 0 Å². The van der Waals surface area contributed by atoms with Crippen molar-refractivity contribution in [3.8, 4) is 28.7 Å². The predicted octanol–water partition coefficient (Wildman–Crippen LogP) is 4.06. The van der Waals surface area contributed by atoms with Crippen molar-refractivity contribution in [2.45, 2.75) is 44.9 Å². The van der Waals surface area contributed by atoms with E-state index in [0.29, 0.717) is 66.8 Å². The smallest absolute Gasteiger partial charge is 0.220 e. The number of hydrogen-bond donors (Lipinski definition) is 3. The van der Waals surface area contributed by atoms with Crippen molar-refractivity contribution in [3.63, 3.8) is 0 Å². The zero-order valence-corrected chi connectivity index (χ0v) is 27.4. The van der Waals surface area contributed by atoms with Crippen LogP contribution in [0.15, 0.2) is 36.4 Å². The highest BCUT2D eigenvalue weighted by Crippen LogP contribution is 2.38. The standard InChI is InChI=1S/C34H52N4O7/c1-41-29-15-13-26(12-14-28(39)27-24-31(42-2)34(44-4)32(25-27)43-3)23-30(29)45-22-9-11-33(40)37-18-6-8-20-38(21-10-17-36)19-7-5-16-35/h12-15,23-25H,5-11,16-22,35-36H2,1-4H3,(H,37,40)/b14-12+. The van der Waals surface area contributed by atoms with E-state index >= 15 is 0 Å². The molecule has 2 aromatic rings. The lowest BCUT2D eigenvalue weighted by molar-refractivity contribution is -0.121. The molecule has 0 aliphatic heterocycles. The van der Waals surface area contributed by atoms with E-state index in [4.69, 9.17) is 35.2 Å². The van der Waals surface area contributed by atoms with Gasteiger partial charge in [0, 0.05) is 18.5 Å². The van der Waals surface area contributed by atoms with Gasteiger partial charge >= 0.3 is 0 Å². The van der Waals surface area contributed by atoms with Crippen LogP contribution in [0.3, 0.4) is 0 Å². The first-order valence-corrected chi connectivity index (χ1v) is 15.6. The molecule has 0 aliphatic carbocycles. The minimum absolute atomic E-state index is 0.00971. The second kappa shape index (κ2) is 21.8. The SMILES string of the molecule is COc1ccc(/C=C/C(=O)c2cc(OC)c(OC)c(OC)c2)cc1OCCCC(=O)NCCCCN(CCCN)CCCCN. The highest BCUT2D eigenvalue weighted by Gasteiger charge is 2.16. The van der Waals surface area contributed by atoms with Gasteiger partial charge in [0.15, 0.2) is 28.8 Å². The van der Waals surface area contributed by atoms with Crippen molar-refractivity contribution in [1.82, 2.24) is 10.2 Å². The average Bonchev–Trinajstić information content (AvgIpc) is 3.06. The molecule has 45 heavy (non-hydrogen) atoms. The number of methoxy groups -OCH3 is 4. The topological polar surface area (TPSA) is 148 Å². The number of carbonyl (C=O) groups is 2. The van der Waals surface area contributed by atoms with Crippen LogP contribution in [0.5, 0.6) is 28.7 Å². The number of nitrogens with one attached hydrogen (secondary N) is 1. The lowest BCUT2D eigenvalue weighted by atomic mass is 10.1. The Bertz CT molecular complexity index is 1180. The lowest BCUT2D eigenvalue weighted by Crippen LogP contribution is -2.30. The molecule has 5 N–H and O–H groups in total. The number of benzene rings is 2. The van der Waals surface area contributed by atoms with Crippen molar-refractivity contribution in [2.24, 2.45) is 11.5 Å². The molecule has 0 spiro atoms. The largest absolute Gasteiger partial charge is 0.493 e. The van der Waals surface area contributed by atoms with Gasteiger partial charge in [-0.2, -0.15) is 0 Å². The molecular formula is C34H52N4O7. The van der Waals surface area contributed by atoms with Crippen LogP contribution < -0.4 is 40.5 Å². The van der Waals surface area contributed by atoms with Gasteiger partial charge < -0.3 is 45.4 Å². The van der Waals surface area contributed by atoms with Crippen molar-refractivity contribution < 1.29 is 33.3 Å². The summed E-state index contributed by atoms with van der Waals surface area (Å²) in [4.78, 5) is 27.7. The van der Waals surface area contributed by atoms with Gasteiger partial charge in [-0.05, 0) is 107 Å². The molecule has 1 amide bonds. The summed E-state index contributed by atoms with van der Waals surface area (Å²) in [7, 11) is 6.08. The monoisotopic (exact) mass is 628 g/mol. The van der Waals surface area contributed by atoms with E-state index in [1.807, 2.05) is 6.07 Å². The number of hydrogen-bond acceptors (Lipinski definition) is 10. The quantitative estimate of drug-likeness (QED) is 0.0883. The van der Waals surface area contributed by atoms with Crippen LogP contribution in [0.25, 0.3) is 6.08 Å². The number of ether oxygens (including phenoxy) is 5. The molecule has 0 atom stereocenters. The minimum Gasteiger partial charge on any atom is -0.493 e. The van der Waals surface area contributed by atoms with E-state index < -0.39 is 0 Å². The van der Waals surface area contributed by atoms with Crippen LogP contribution in [-0.2, 0) is 4.79 Å². The fraction of sp³-hybridized carbons (Fsp3) is 0.529. The van der Waals surface area contributed by atoms with E-state index in [2.05, 4.69) is 10.2 Å². The third-order valence-corrected chi connectivity index (χ3v) is 7.20. The van der Waals surface area contributed by atoms with Gasteiger partial charge in [0.1, 0.15) is 0 Å². The Kier molecular flexibility index (Phi) is 18.1. The van der Waals surface area contributed by atoms with Crippen LogP contribution in [-0.4, -0.2) is 90.9 Å². The van der Waals surface area contributed by atoms with E-state index in [-0.39, 0.29) is 11.7 Å². The number of amides is 1. The maximum Gasteiger partial charge on any atom is 0.220 e. The fourth-order valence-corrected chi connectivity index (χ4v) is 4.72. The Balaban J connectivity index is 1.81. The minimum atomic E-state index is -0.231. The molecule has 0 saturated carbocycles. The van der Waals surface area contributed by atoms with Gasteiger partial charge in [-0.3, -0.25) is 9.59 Å². The normalized spacial score (nSPS) is 11.1. The van der Waals surface area contributed by atoms with Crippen molar-refractivity contribution >= 4 is 17.8 Å². The summed E-state index contributed by atoms with van der Waals surface area (Å²) in [5.41, 5.74) is 12.4. The zero-order valence-electron chi connectivity index (χ0n) is 27.4. The van der Waals surface area contributed by atoms with Gasteiger partial charge in [-0.1, -0.05) is 12.1 Å². The molecule has 2 aromatic carbocycles. The maximum atomic E-state index is 12.9. The Labute approximate surface area is 268 Å². The summed E-state index contributed by atoms with van der Waals surface area (Å²) in [6, 6.07) is 8.62. The molecule has 11 nitrogen and oxygen atoms in total. The van der Waals surface area contributed by atoms with Crippen LogP contribution in [0.1, 0.15) is 60.9 Å². The summed E-state index contributed by atoms with van der Waals surface area (Å²) in [6.07, 6.45) is 9.17. The van der Waals surface area contributed by atoms with E-state index in [1.165, 1.54) is 27.4 Å². The molecule has 0 aromatic heterocycles. The predicted molar refractivity (Wildman–Crippen MR) is 178 cm³/mol. The Hall–Kier alpha value is -3.80. The van der Waals surface area contributed by atoms with Gasteiger partial charge in [-0.15, -0.1) is 0 Å². The molecule has 250 valence electrons. The molecule has 2 rings (SSSR count). The molecule has 0 fully saturated rings. The first-order chi connectivity index (χ1) is 21.9. The van der Waals surface area contributed by atoms with E-state index in [0.717, 1.165) is 63.8 Å². The second-order valence-corrected chi connectivity index (χ2v) is 10.5. The number of carbonyl (C=O) groups excluding carboxylic acids is 2. The van der Waals surface area contributed by atoms with Gasteiger partial charge in [0.05, 0.1) is 35.0 Å². The molecule has 0 aliphatic rings. The van der Waals surface area contributed by atoms with Crippen LogP contribution in [0.2, 0.25) is 0 Å². The molecule has 0 unspecified atom stereocenters. The molecule has 0 saturated heterocycles. The Morgan fingerprint density at radius 2 is 1.40 bits per heavy atom. The maximum absolute atomic E-state index is 12.9. The first kappa shape index (κ1) is 37.4. The highest BCUT2D eigenvalue weighted by atomic mass is 16.5. The number of rotatable bonds is 24. The summed E-state index contributed by atoms with van der Waals surface area (Å²) in [5, 5.41) is 3.01. The zero-order chi connectivity index (χ0) is 32.9. The van der Waals surface area contributed by atoms with Crippen molar-refractivity contribution in [1.29, 1.82) is 0 Å². The van der Waals surface area contributed by atoms with Gasteiger partial charge in [-0.25, -0.2) is 0 Å². The number of allylic oxidation sites excluding steroid dienone is 1. The summed E-state index contributed by atoms with van der Waals surface area (Å²) >= 11 is 0. The average molecular weight is 629 g/mol. The molecule has 11 heteroatoms. The number of unbranched alkanes of at least 4 members (excludes halogenated alkanes) is 2. The lowest BCUT2D eigenvalue weighted by Gasteiger charge is -2.22. The first-order valence-electron chi connectivity index (χ1n) is 15.6. The number of ketones is 1. The molecular weight excluding hydrogens is 576 g/mol. The second-order valence-electron chi connectivity index (χ2n) is 10.5. The van der Waals surface area contributed by atoms with E-state index in [9.17, 15) is 9.59 Å². The molecule has 0 heterocycles. The third-order valence-electron chi connectivity index (χ3n) is 7.20. The van der Waals surface area contributed by atoms with Crippen molar-refractivity contribution in [2.75, 3.05) is 74.3 Å². The fourth-order valence-electron chi connectivity index (χ4n) is 4.72. The highest BCUT2D eigenvalue weighted by molar-refractivity contribution is 6.07. The number of nitrogens with zero attached hydrogens (tertiary/aromatic N) is 1. The summed E-state index contributed by atoms with van der Waals surface area (Å²) in [6.45, 7) is 5.47. The Morgan fingerprint density at radius 1 is 0.756 bits per heavy atom. The Morgan fingerprint density at radius 3 is 2.02 bits per heavy atom. The van der Waals surface area contributed by atoms with Crippen molar-refractivity contribution in [3.05, 3.63) is 47.5 Å². The summed E-state index contributed by atoms with van der Waals surface area (Å²) < 4.78 is 27.4. The van der Waals surface area contributed by atoms with Crippen LogP contribution in [0, 0.1) is 0 Å². The molecule has 0 bridgehead atoms. The molecule has 0 radical (unpaired) electrons.